The topological polar surface area (TPSA) is 102 Å². The molecule has 34 heavy (non-hydrogen) atoms. The maximum absolute atomic E-state index is 12.9. The number of hydrogen-bond acceptors (Lipinski definition) is 7. The van der Waals surface area contributed by atoms with Crippen molar-refractivity contribution in [2.75, 3.05) is 25.0 Å². The molecule has 3 aromatic rings. The first kappa shape index (κ1) is 23.6. The van der Waals surface area contributed by atoms with Crippen molar-refractivity contribution in [1.29, 1.82) is 0 Å². The maximum Gasteiger partial charge on any atom is 0.409 e. The van der Waals surface area contributed by atoms with Gasteiger partial charge in [0.05, 0.1) is 23.0 Å². The Morgan fingerprint density at radius 2 is 2.12 bits per heavy atom. The standard InChI is InChI=1S/C24H28N6O3S/c1-4-5-13-33-24(32)29-11-8-18(9-12-29)23-27-20(15-34-23)22(31)26-19-7-6-10-25-21(19)30-17(3)14-16(2)28-30/h4,6-7,10,14-15,18H,1,5,8-9,11-13H2,2-3H3,(H,26,31). The van der Waals surface area contributed by atoms with Crippen LogP contribution in [-0.2, 0) is 4.74 Å². The van der Waals surface area contributed by atoms with Crippen LogP contribution in [0.4, 0.5) is 10.5 Å². The van der Waals surface area contributed by atoms with E-state index in [2.05, 4.69) is 27.0 Å². The number of thiazole rings is 1. The number of anilines is 1. The Labute approximate surface area is 202 Å². The van der Waals surface area contributed by atoms with Crippen molar-refractivity contribution >= 4 is 29.0 Å². The van der Waals surface area contributed by atoms with Crippen LogP contribution in [0, 0.1) is 13.8 Å². The lowest BCUT2D eigenvalue weighted by Crippen LogP contribution is -2.38. The van der Waals surface area contributed by atoms with Crippen LogP contribution < -0.4 is 5.32 Å². The molecule has 4 rings (SSSR count). The van der Waals surface area contributed by atoms with Crippen molar-refractivity contribution in [3.63, 3.8) is 0 Å². The Balaban J connectivity index is 1.38. The van der Waals surface area contributed by atoms with Crippen LogP contribution in [0.5, 0.6) is 0 Å². The SMILES string of the molecule is C=CCCOC(=O)N1CCC(c2nc(C(=O)Nc3cccnc3-n3nc(C)cc3C)cs2)CC1. The zero-order valence-corrected chi connectivity index (χ0v) is 20.2. The molecule has 2 amide bonds. The number of amides is 2. The average Bonchev–Trinajstić information content (AvgIpc) is 3.46. The molecule has 0 aliphatic carbocycles. The van der Waals surface area contributed by atoms with Gasteiger partial charge in [0.15, 0.2) is 5.82 Å². The summed E-state index contributed by atoms with van der Waals surface area (Å²) >= 11 is 1.48. The Morgan fingerprint density at radius 3 is 2.82 bits per heavy atom. The monoisotopic (exact) mass is 480 g/mol. The number of ether oxygens (including phenoxy) is 1. The molecule has 3 aromatic heterocycles. The molecule has 1 N–H and O–H groups in total. The largest absolute Gasteiger partial charge is 0.449 e. The van der Waals surface area contributed by atoms with E-state index >= 15 is 0 Å². The summed E-state index contributed by atoms with van der Waals surface area (Å²) in [5, 5.41) is 10.1. The average molecular weight is 481 g/mol. The van der Waals surface area contributed by atoms with Crippen LogP contribution in [-0.4, -0.2) is 56.3 Å². The van der Waals surface area contributed by atoms with Gasteiger partial charge in [0, 0.05) is 36.3 Å². The molecule has 0 atom stereocenters. The van der Waals surface area contributed by atoms with E-state index in [9.17, 15) is 9.59 Å². The number of piperidine rings is 1. The van der Waals surface area contributed by atoms with E-state index in [1.54, 1.807) is 39.4 Å². The number of nitrogens with zero attached hydrogens (tertiary/aromatic N) is 5. The number of nitrogens with one attached hydrogen (secondary N) is 1. The summed E-state index contributed by atoms with van der Waals surface area (Å²) in [6.07, 6.45) is 5.34. The highest BCUT2D eigenvalue weighted by Crippen LogP contribution is 2.31. The summed E-state index contributed by atoms with van der Waals surface area (Å²) in [6.45, 7) is 9.06. The van der Waals surface area contributed by atoms with Crippen molar-refractivity contribution in [3.8, 4) is 5.82 Å². The first-order valence-electron chi connectivity index (χ1n) is 11.2. The van der Waals surface area contributed by atoms with Crippen LogP contribution in [0.1, 0.15) is 52.1 Å². The van der Waals surface area contributed by atoms with E-state index in [0.717, 1.165) is 29.2 Å². The second-order valence-corrected chi connectivity index (χ2v) is 9.08. The highest BCUT2D eigenvalue weighted by molar-refractivity contribution is 7.10. The molecule has 178 valence electrons. The molecular weight excluding hydrogens is 452 g/mol. The van der Waals surface area contributed by atoms with Gasteiger partial charge in [0.2, 0.25) is 0 Å². The zero-order valence-electron chi connectivity index (χ0n) is 19.4. The molecule has 1 aliphatic rings. The summed E-state index contributed by atoms with van der Waals surface area (Å²) in [5.74, 6) is 0.484. The first-order valence-corrected chi connectivity index (χ1v) is 12.1. The van der Waals surface area contributed by atoms with Crippen molar-refractivity contribution in [1.82, 2.24) is 24.6 Å². The van der Waals surface area contributed by atoms with Crippen LogP contribution in [0.15, 0.2) is 42.4 Å². The Kier molecular flexibility index (Phi) is 7.36. The van der Waals surface area contributed by atoms with Gasteiger partial charge in [0.1, 0.15) is 5.69 Å². The van der Waals surface area contributed by atoms with Gasteiger partial charge in [-0.1, -0.05) is 6.08 Å². The number of aryl methyl sites for hydroxylation is 2. The van der Waals surface area contributed by atoms with Crippen LogP contribution >= 0.6 is 11.3 Å². The highest BCUT2D eigenvalue weighted by atomic mass is 32.1. The second kappa shape index (κ2) is 10.6. The number of rotatable bonds is 7. The lowest BCUT2D eigenvalue weighted by Gasteiger charge is -2.30. The third-order valence-electron chi connectivity index (χ3n) is 5.65. The predicted molar refractivity (Wildman–Crippen MR) is 131 cm³/mol. The number of carbonyl (C=O) groups is 2. The minimum atomic E-state index is -0.290. The fourth-order valence-corrected chi connectivity index (χ4v) is 4.87. The maximum atomic E-state index is 12.9. The number of likely N-dealkylation sites (tertiary alicyclic amines) is 1. The molecular formula is C24H28N6O3S. The van der Waals surface area contributed by atoms with E-state index in [1.807, 2.05) is 19.9 Å². The van der Waals surface area contributed by atoms with Crippen molar-refractivity contribution in [2.24, 2.45) is 0 Å². The summed E-state index contributed by atoms with van der Waals surface area (Å²) < 4.78 is 6.96. The molecule has 10 heteroatoms. The molecule has 4 heterocycles. The van der Waals surface area contributed by atoms with E-state index < -0.39 is 0 Å². The summed E-state index contributed by atoms with van der Waals surface area (Å²) in [4.78, 5) is 35.8. The van der Waals surface area contributed by atoms with E-state index in [-0.39, 0.29) is 17.9 Å². The van der Waals surface area contributed by atoms with Gasteiger partial charge in [0.25, 0.3) is 5.91 Å². The fourth-order valence-electron chi connectivity index (χ4n) is 3.90. The minimum Gasteiger partial charge on any atom is -0.449 e. The third-order valence-corrected chi connectivity index (χ3v) is 6.66. The van der Waals surface area contributed by atoms with E-state index in [0.29, 0.717) is 43.3 Å². The summed E-state index contributed by atoms with van der Waals surface area (Å²) in [5.41, 5.74) is 2.74. The normalized spacial score (nSPS) is 14.1. The lowest BCUT2D eigenvalue weighted by molar-refractivity contribution is 0.0941. The third kappa shape index (κ3) is 5.33. The number of aromatic nitrogens is 4. The Bertz CT molecular complexity index is 1180. The van der Waals surface area contributed by atoms with Crippen LogP contribution in [0.3, 0.4) is 0 Å². The molecule has 0 unspecified atom stereocenters. The van der Waals surface area contributed by atoms with E-state index in [1.165, 1.54) is 11.3 Å². The van der Waals surface area contributed by atoms with Gasteiger partial charge in [-0.05, 0) is 51.3 Å². The second-order valence-electron chi connectivity index (χ2n) is 8.19. The van der Waals surface area contributed by atoms with Gasteiger partial charge in [-0.25, -0.2) is 19.4 Å². The van der Waals surface area contributed by atoms with Gasteiger partial charge in [-0.3, -0.25) is 4.79 Å². The molecule has 0 saturated carbocycles. The Hall–Kier alpha value is -3.53. The predicted octanol–water partition coefficient (Wildman–Crippen LogP) is 4.49. The molecule has 9 nitrogen and oxygen atoms in total. The van der Waals surface area contributed by atoms with Gasteiger partial charge in [-0.2, -0.15) is 5.10 Å². The molecule has 0 bridgehead atoms. The number of pyridine rings is 1. The summed E-state index contributed by atoms with van der Waals surface area (Å²) in [7, 11) is 0. The first-order chi connectivity index (χ1) is 16.5. The van der Waals surface area contributed by atoms with Gasteiger partial charge in [-0.15, -0.1) is 17.9 Å². The lowest BCUT2D eigenvalue weighted by atomic mass is 9.98. The zero-order chi connectivity index (χ0) is 24.1. The molecule has 1 fully saturated rings. The van der Waals surface area contributed by atoms with Crippen molar-refractivity contribution < 1.29 is 14.3 Å². The number of carbonyl (C=O) groups excluding carboxylic acids is 2. The van der Waals surface area contributed by atoms with Gasteiger partial charge >= 0.3 is 6.09 Å². The molecule has 0 aromatic carbocycles. The van der Waals surface area contributed by atoms with Gasteiger partial charge < -0.3 is 15.0 Å². The number of hydrogen-bond donors (Lipinski definition) is 1. The minimum absolute atomic E-state index is 0.215. The van der Waals surface area contributed by atoms with Crippen molar-refractivity contribution in [3.05, 3.63) is 64.5 Å². The smallest absolute Gasteiger partial charge is 0.409 e. The van der Waals surface area contributed by atoms with Crippen LogP contribution in [0.25, 0.3) is 5.82 Å². The molecule has 1 aliphatic heterocycles. The molecule has 0 radical (unpaired) electrons. The quantitative estimate of drug-likeness (QED) is 0.395. The highest BCUT2D eigenvalue weighted by Gasteiger charge is 2.27. The van der Waals surface area contributed by atoms with E-state index in [4.69, 9.17) is 4.74 Å². The van der Waals surface area contributed by atoms with Crippen LogP contribution in [0.2, 0.25) is 0 Å². The Morgan fingerprint density at radius 1 is 1.32 bits per heavy atom. The van der Waals surface area contributed by atoms with Crippen molar-refractivity contribution in [2.45, 2.75) is 39.0 Å². The fraction of sp³-hybridized carbons (Fsp3) is 0.375. The molecule has 1 saturated heterocycles. The summed E-state index contributed by atoms with van der Waals surface area (Å²) in [6, 6.07) is 5.53. The molecule has 0 spiro atoms.